The third-order valence-corrected chi connectivity index (χ3v) is 2.21. The number of benzene rings is 1. The van der Waals surface area contributed by atoms with E-state index in [4.69, 9.17) is 0 Å². The number of para-hydroxylation sites is 1. The summed E-state index contributed by atoms with van der Waals surface area (Å²) in [6, 6.07) is 5.15. The second-order valence-electron chi connectivity index (χ2n) is 3.95. The van der Waals surface area contributed by atoms with Gasteiger partial charge in [0.25, 0.3) is 0 Å². The quantitative estimate of drug-likeness (QED) is 0.863. The van der Waals surface area contributed by atoms with Crippen LogP contribution in [-0.2, 0) is 6.54 Å². The molecule has 1 aromatic carbocycles. The molecule has 0 fully saturated rings. The van der Waals surface area contributed by atoms with Gasteiger partial charge >= 0.3 is 6.29 Å². The summed E-state index contributed by atoms with van der Waals surface area (Å²) >= 11 is 0. The van der Waals surface area contributed by atoms with E-state index in [1.165, 1.54) is 6.07 Å². The lowest BCUT2D eigenvalue weighted by atomic mass is 10.2. The first-order valence-corrected chi connectivity index (χ1v) is 5.09. The van der Waals surface area contributed by atoms with Crippen molar-refractivity contribution < 1.29 is 18.3 Å². The van der Waals surface area contributed by atoms with Crippen molar-refractivity contribution in [3.8, 4) is 11.5 Å². The monoisotopic (exact) mass is 229 g/mol. The summed E-state index contributed by atoms with van der Waals surface area (Å²) < 4.78 is 34.5. The largest absolute Gasteiger partial charge is 0.586 e. The highest BCUT2D eigenvalue weighted by molar-refractivity contribution is 5.48. The average molecular weight is 229 g/mol. The van der Waals surface area contributed by atoms with Gasteiger partial charge in [0.1, 0.15) is 0 Å². The van der Waals surface area contributed by atoms with E-state index in [-0.39, 0.29) is 17.5 Å². The van der Waals surface area contributed by atoms with Gasteiger partial charge in [-0.3, -0.25) is 0 Å². The Hall–Kier alpha value is -1.36. The second-order valence-corrected chi connectivity index (χ2v) is 3.95. The smallest absolute Gasteiger partial charge is 0.395 e. The Morgan fingerprint density at radius 1 is 1.31 bits per heavy atom. The summed E-state index contributed by atoms with van der Waals surface area (Å²) in [7, 11) is 0. The van der Waals surface area contributed by atoms with Crippen LogP contribution in [0, 0.1) is 0 Å². The molecule has 0 spiro atoms. The first-order valence-electron chi connectivity index (χ1n) is 5.09. The molecule has 0 aromatic heterocycles. The minimum atomic E-state index is -3.55. The molecule has 0 atom stereocenters. The zero-order valence-electron chi connectivity index (χ0n) is 9.09. The Kier molecular flexibility index (Phi) is 2.71. The molecule has 1 aliphatic rings. The Morgan fingerprint density at radius 2 is 2.06 bits per heavy atom. The van der Waals surface area contributed by atoms with E-state index in [0.717, 1.165) is 0 Å². The van der Waals surface area contributed by atoms with E-state index >= 15 is 0 Å². The molecule has 0 saturated heterocycles. The van der Waals surface area contributed by atoms with Crippen LogP contribution in [0.15, 0.2) is 18.2 Å². The minimum absolute atomic E-state index is 0.0908. The van der Waals surface area contributed by atoms with Crippen LogP contribution >= 0.6 is 0 Å². The maximum Gasteiger partial charge on any atom is 0.586 e. The topological polar surface area (TPSA) is 30.5 Å². The van der Waals surface area contributed by atoms with Crippen LogP contribution in [-0.4, -0.2) is 12.3 Å². The van der Waals surface area contributed by atoms with Crippen LogP contribution in [0.1, 0.15) is 19.4 Å². The lowest BCUT2D eigenvalue weighted by molar-refractivity contribution is -0.286. The lowest BCUT2D eigenvalue weighted by Gasteiger charge is -2.10. The third kappa shape index (κ3) is 2.24. The molecule has 1 aliphatic heterocycles. The van der Waals surface area contributed by atoms with Crippen molar-refractivity contribution in [3.63, 3.8) is 0 Å². The number of alkyl halides is 2. The predicted molar refractivity (Wildman–Crippen MR) is 54.6 cm³/mol. The number of hydrogen-bond donors (Lipinski definition) is 1. The fraction of sp³-hybridized carbons (Fsp3) is 0.455. The molecule has 1 aromatic rings. The Labute approximate surface area is 92.4 Å². The molecule has 0 unspecified atom stereocenters. The van der Waals surface area contributed by atoms with Gasteiger partial charge in [-0.15, -0.1) is 8.78 Å². The Bertz CT molecular complexity index is 394. The molecule has 88 valence electrons. The molecule has 3 nitrogen and oxygen atoms in total. The molecule has 1 N–H and O–H groups in total. The van der Waals surface area contributed by atoms with Gasteiger partial charge < -0.3 is 14.8 Å². The molecule has 16 heavy (non-hydrogen) atoms. The summed E-state index contributed by atoms with van der Waals surface area (Å²) in [5.74, 6) is 0.216. The first kappa shape index (κ1) is 11.1. The molecule has 0 amide bonds. The second kappa shape index (κ2) is 3.90. The van der Waals surface area contributed by atoms with Crippen molar-refractivity contribution in [1.29, 1.82) is 0 Å². The van der Waals surface area contributed by atoms with Crippen molar-refractivity contribution in [2.75, 3.05) is 0 Å². The molecular weight excluding hydrogens is 216 g/mol. The number of hydrogen-bond acceptors (Lipinski definition) is 3. The summed E-state index contributed by atoms with van der Waals surface area (Å²) in [6.45, 7) is 4.44. The number of halogens is 2. The molecule has 0 saturated carbocycles. The van der Waals surface area contributed by atoms with Crippen molar-refractivity contribution in [2.45, 2.75) is 32.7 Å². The zero-order valence-corrected chi connectivity index (χ0v) is 9.09. The van der Waals surface area contributed by atoms with Crippen molar-refractivity contribution in [2.24, 2.45) is 0 Å². The number of ether oxygens (including phenoxy) is 2. The molecule has 0 bridgehead atoms. The molecule has 1 heterocycles. The summed E-state index contributed by atoms with van der Waals surface area (Å²) in [4.78, 5) is 0. The number of rotatable bonds is 3. The van der Waals surface area contributed by atoms with Crippen LogP contribution < -0.4 is 14.8 Å². The molecule has 5 heteroatoms. The zero-order chi connectivity index (χ0) is 11.8. The Morgan fingerprint density at radius 3 is 2.75 bits per heavy atom. The number of fused-ring (bicyclic) bond motifs is 1. The summed E-state index contributed by atoms with van der Waals surface area (Å²) in [5.41, 5.74) is 0.670. The van der Waals surface area contributed by atoms with E-state index < -0.39 is 6.29 Å². The molecule has 2 rings (SSSR count). The van der Waals surface area contributed by atoms with Gasteiger partial charge in [0, 0.05) is 18.2 Å². The van der Waals surface area contributed by atoms with Crippen LogP contribution in [0.4, 0.5) is 8.78 Å². The van der Waals surface area contributed by atoms with Gasteiger partial charge in [-0.25, -0.2) is 0 Å². The normalized spacial score (nSPS) is 16.8. The predicted octanol–water partition coefficient (Wildman–Crippen LogP) is 2.51. The number of nitrogens with one attached hydrogen (secondary N) is 1. The maximum absolute atomic E-state index is 12.9. The van der Waals surface area contributed by atoms with Gasteiger partial charge in [0.05, 0.1) is 0 Å². The Balaban J connectivity index is 2.20. The van der Waals surface area contributed by atoms with E-state index in [2.05, 4.69) is 14.8 Å². The van der Waals surface area contributed by atoms with Gasteiger partial charge in [0.15, 0.2) is 11.5 Å². The highest BCUT2D eigenvalue weighted by atomic mass is 19.3. The van der Waals surface area contributed by atoms with Gasteiger partial charge in [-0.2, -0.15) is 0 Å². The van der Waals surface area contributed by atoms with Crippen LogP contribution in [0.2, 0.25) is 0 Å². The third-order valence-electron chi connectivity index (χ3n) is 2.21. The summed E-state index contributed by atoms with van der Waals surface area (Å²) in [5, 5.41) is 3.14. The van der Waals surface area contributed by atoms with Crippen molar-refractivity contribution in [3.05, 3.63) is 23.8 Å². The lowest BCUT2D eigenvalue weighted by Crippen LogP contribution is -2.26. The van der Waals surface area contributed by atoms with Gasteiger partial charge in [-0.1, -0.05) is 26.0 Å². The van der Waals surface area contributed by atoms with Gasteiger partial charge in [-0.05, 0) is 6.07 Å². The summed E-state index contributed by atoms with van der Waals surface area (Å²) in [6.07, 6.45) is -3.55. The molecule has 0 radical (unpaired) electrons. The van der Waals surface area contributed by atoms with Crippen molar-refractivity contribution in [1.82, 2.24) is 5.32 Å². The van der Waals surface area contributed by atoms with Crippen molar-refractivity contribution >= 4 is 0 Å². The fourth-order valence-electron chi connectivity index (χ4n) is 1.48. The van der Waals surface area contributed by atoms with Crippen LogP contribution in [0.25, 0.3) is 0 Å². The van der Waals surface area contributed by atoms with E-state index in [9.17, 15) is 8.78 Å². The highest BCUT2D eigenvalue weighted by Gasteiger charge is 2.44. The standard InChI is InChI=1S/C11H13F2NO2/c1-7(2)14-6-8-4-3-5-9-10(8)16-11(12,13)15-9/h3-5,7,14H,6H2,1-2H3. The minimum Gasteiger partial charge on any atom is -0.395 e. The SMILES string of the molecule is CC(C)NCc1cccc2c1OC(F)(F)O2. The molecular formula is C11H13F2NO2. The van der Waals surface area contributed by atoms with E-state index in [1.807, 2.05) is 13.8 Å². The average Bonchev–Trinajstić information content (AvgIpc) is 2.48. The van der Waals surface area contributed by atoms with Crippen LogP contribution in [0.5, 0.6) is 11.5 Å². The fourth-order valence-corrected chi connectivity index (χ4v) is 1.48. The maximum atomic E-state index is 12.9. The molecule has 0 aliphatic carbocycles. The van der Waals surface area contributed by atoms with Gasteiger partial charge in [0.2, 0.25) is 0 Å². The van der Waals surface area contributed by atoms with Crippen LogP contribution in [0.3, 0.4) is 0 Å². The van der Waals surface area contributed by atoms with E-state index in [0.29, 0.717) is 12.1 Å². The van der Waals surface area contributed by atoms with E-state index in [1.54, 1.807) is 12.1 Å². The highest BCUT2D eigenvalue weighted by Crippen LogP contribution is 2.43. The first-order chi connectivity index (χ1) is 7.48.